The fourth-order valence-electron chi connectivity index (χ4n) is 4.90. The predicted octanol–water partition coefficient (Wildman–Crippen LogP) is 7.43. The van der Waals surface area contributed by atoms with E-state index in [0.717, 1.165) is 0 Å². The van der Waals surface area contributed by atoms with Gasteiger partial charge in [-0.15, -0.1) is 0 Å². The van der Waals surface area contributed by atoms with Crippen molar-refractivity contribution in [1.29, 1.82) is 0 Å². The topological polar surface area (TPSA) is 0 Å². The summed E-state index contributed by atoms with van der Waals surface area (Å²) < 4.78 is 0. The first-order valence-electron chi connectivity index (χ1n) is 10.2. The molecule has 0 fully saturated rings. The second-order valence-electron chi connectivity index (χ2n) is 10.5. The third kappa shape index (κ3) is 3.10. The van der Waals surface area contributed by atoms with Crippen LogP contribution in [0.15, 0.2) is 93.7 Å². The maximum Gasteiger partial charge on any atom is 0.0205 e. The molecule has 2 atom stereocenters. The van der Waals surface area contributed by atoms with Gasteiger partial charge in [-0.05, 0) is 56.8 Å². The van der Waals surface area contributed by atoms with Crippen molar-refractivity contribution >= 4 is 0 Å². The monoisotopic (exact) mass is 356 g/mol. The van der Waals surface area contributed by atoms with Crippen molar-refractivity contribution in [1.82, 2.24) is 0 Å². The molecule has 4 rings (SSSR count). The zero-order valence-corrected chi connectivity index (χ0v) is 17.9. The van der Waals surface area contributed by atoms with E-state index in [0.29, 0.717) is 11.8 Å². The summed E-state index contributed by atoms with van der Waals surface area (Å²) in [6, 6.07) is 0. The minimum absolute atomic E-state index is 0.107. The highest BCUT2D eigenvalue weighted by Gasteiger charge is 2.40. The second kappa shape index (κ2) is 5.96. The molecule has 140 valence electrons. The molecular formula is C27H32. The quantitative estimate of drug-likeness (QED) is 0.458. The number of hydrogen-bond acceptors (Lipinski definition) is 0. The second-order valence-corrected chi connectivity index (χ2v) is 10.5. The molecule has 0 heterocycles. The van der Waals surface area contributed by atoms with E-state index in [1.165, 1.54) is 39.0 Å². The van der Waals surface area contributed by atoms with E-state index in [1.807, 2.05) is 0 Å². The molecule has 0 aromatic rings. The summed E-state index contributed by atoms with van der Waals surface area (Å²) in [5, 5.41) is 0. The Kier molecular flexibility index (Phi) is 4.04. The summed E-state index contributed by atoms with van der Waals surface area (Å²) in [6.45, 7) is 16.3. The molecule has 0 aromatic carbocycles. The largest absolute Gasteiger partial charge is 0.0748 e. The molecule has 0 heteroatoms. The van der Waals surface area contributed by atoms with Gasteiger partial charge in [-0.3, -0.25) is 0 Å². The van der Waals surface area contributed by atoms with Crippen LogP contribution in [0.3, 0.4) is 0 Å². The number of hydrogen-bond donors (Lipinski definition) is 0. The molecule has 0 N–H and O–H groups in total. The summed E-state index contributed by atoms with van der Waals surface area (Å²) in [7, 11) is 0. The number of rotatable bonds is 1. The molecule has 0 amide bonds. The Balaban J connectivity index is 1.99. The van der Waals surface area contributed by atoms with Gasteiger partial charge >= 0.3 is 0 Å². The first-order chi connectivity index (χ1) is 12.6. The van der Waals surface area contributed by atoms with E-state index in [1.54, 1.807) is 0 Å². The third-order valence-electron chi connectivity index (χ3n) is 5.97. The van der Waals surface area contributed by atoms with E-state index in [4.69, 9.17) is 0 Å². The Morgan fingerprint density at radius 2 is 1.48 bits per heavy atom. The van der Waals surface area contributed by atoms with Crippen LogP contribution in [0.2, 0.25) is 0 Å². The summed E-state index contributed by atoms with van der Waals surface area (Å²) in [6.07, 6.45) is 21.1. The van der Waals surface area contributed by atoms with Crippen molar-refractivity contribution in [3.63, 3.8) is 0 Å². The molecule has 0 saturated carbocycles. The summed E-state index contributed by atoms with van der Waals surface area (Å²) >= 11 is 0. The van der Waals surface area contributed by atoms with E-state index in [-0.39, 0.29) is 10.8 Å². The molecule has 0 radical (unpaired) electrons. The lowest BCUT2D eigenvalue weighted by Crippen LogP contribution is -2.31. The predicted molar refractivity (Wildman–Crippen MR) is 117 cm³/mol. The van der Waals surface area contributed by atoms with Gasteiger partial charge in [-0.1, -0.05) is 96.2 Å². The minimum atomic E-state index is 0.107. The van der Waals surface area contributed by atoms with Crippen LogP contribution in [0.25, 0.3) is 0 Å². The molecular weight excluding hydrogens is 324 g/mol. The van der Waals surface area contributed by atoms with Gasteiger partial charge in [0.25, 0.3) is 0 Å². The third-order valence-corrected chi connectivity index (χ3v) is 5.97. The van der Waals surface area contributed by atoms with Gasteiger partial charge < -0.3 is 0 Å². The number of allylic oxidation sites excluding steroid dienone is 16. The smallest absolute Gasteiger partial charge is 0.0205 e. The normalized spacial score (nSPS) is 27.0. The molecule has 2 unspecified atom stereocenters. The SMILES string of the molecule is CC1=CC2=CC=C3C=CC=C4C=CC(=C1C(=CC(C)(C)C)C(C)(C)C)C2C43. The Bertz CT molecular complexity index is 931. The van der Waals surface area contributed by atoms with E-state index in [9.17, 15) is 0 Å². The zero-order valence-electron chi connectivity index (χ0n) is 17.9. The van der Waals surface area contributed by atoms with Crippen LogP contribution in [0.1, 0.15) is 48.5 Å². The molecule has 0 aromatic heterocycles. The lowest BCUT2D eigenvalue weighted by atomic mass is 9.60. The Morgan fingerprint density at radius 3 is 2.15 bits per heavy atom. The highest BCUT2D eigenvalue weighted by Crippen LogP contribution is 2.53. The maximum atomic E-state index is 2.50. The van der Waals surface area contributed by atoms with Crippen molar-refractivity contribution in [2.24, 2.45) is 22.7 Å². The fourth-order valence-corrected chi connectivity index (χ4v) is 4.90. The van der Waals surface area contributed by atoms with Crippen LogP contribution < -0.4 is 0 Å². The summed E-state index contributed by atoms with van der Waals surface area (Å²) in [5.41, 5.74) is 10.5. The standard InChI is InChI=1S/C27H32/c1-17-15-20-12-11-18-9-8-10-19-13-14-21(25(20)24(18)19)23(17)22(27(5,6)7)16-26(2,3)4/h8-16,24-25H,1-7H3. The van der Waals surface area contributed by atoms with Crippen LogP contribution in [0, 0.1) is 22.7 Å². The average molecular weight is 357 g/mol. The van der Waals surface area contributed by atoms with Gasteiger partial charge in [0.15, 0.2) is 0 Å². The van der Waals surface area contributed by atoms with Crippen LogP contribution in [-0.4, -0.2) is 0 Å². The van der Waals surface area contributed by atoms with Crippen LogP contribution in [0.5, 0.6) is 0 Å². The van der Waals surface area contributed by atoms with Crippen LogP contribution in [0.4, 0.5) is 0 Å². The summed E-state index contributed by atoms with van der Waals surface area (Å²) in [5.74, 6) is 0.931. The molecule has 0 saturated heterocycles. The minimum Gasteiger partial charge on any atom is -0.0748 e. The highest BCUT2D eigenvalue weighted by molar-refractivity contribution is 5.67. The van der Waals surface area contributed by atoms with Crippen molar-refractivity contribution in [2.75, 3.05) is 0 Å². The molecule has 4 aliphatic rings. The van der Waals surface area contributed by atoms with E-state index in [2.05, 4.69) is 103 Å². The molecule has 0 spiro atoms. The van der Waals surface area contributed by atoms with Gasteiger partial charge in [0, 0.05) is 11.8 Å². The van der Waals surface area contributed by atoms with Crippen molar-refractivity contribution < 1.29 is 0 Å². The molecule has 0 aliphatic heterocycles. The summed E-state index contributed by atoms with van der Waals surface area (Å²) in [4.78, 5) is 0. The fraction of sp³-hybridized carbons (Fsp3) is 0.407. The Morgan fingerprint density at radius 1 is 0.815 bits per heavy atom. The van der Waals surface area contributed by atoms with Gasteiger partial charge in [0.05, 0.1) is 0 Å². The maximum absolute atomic E-state index is 2.50. The molecule has 0 nitrogen and oxygen atoms in total. The average Bonchev–Trinajstić information content (AvgIpc) is 2.56. The first-order valence-corrected chi connectivity index (χ1v) is 10.2. The highest BCUT2D eigenvalue weighted by atomic mass is 14.4. The van der Waals surface area contributed by atoms with Gasteiger partial charge in [0.1, 0.15) is 0 Å². The lowest BCUT2D eigenvalue weighted by Gasteiger charge is -2.43. The van der Waals surface area contributed by atoms with Gasteiger partial charge in [-0.2, -0.15) is 0 Å². The Hall–Kier alpha value is -2.08. The molecule has 0 bridgehead atoms. The van der Waals surface area contributed by atoms with E-state index < -0.39 is 0 Å². The van der Waals surface area contributed by atoms with E-state index >= 15 is 0 Å². The van der Waals surface area contributed by atoms with Crippen molar-refractivity contribution in [3.05, 3.63) is 93.7 Å². The van der Waals surface area contributed by atoms with Gasteiger partial charge in [0.2, 0.25) is 0 Å². The Labute approximate surface area is 165 Å². The lowest BCUT2D eigenvalue weighted by molar-refractivity contribution is 0.472. The van der Waals surface area contributed by atoms with Gasteiger partial charge in [-0.25, -0.2) is 0 Å². The first kappa shape index (κ1) is 18.3. The van der Waals surface area contributed by atoms with Crippen LogP contribution in [-0.2, 0) is 0 Å². The van der Waals surface area contributed by atoms with Crippen molar-refractivity contribution in [2.45, 2.75) is 48.5 Å². The van der Waals surface area contributed by atoms with Crippen molar-refractivity contribution in [3.8, 4) is 0 Å². The van der Waals surface area contributed by atoms with Crippen LogP contribution >= 0.6 is 0 Å². The molecule has 4 aliphatic carbocycles. The zero-order chi connectivity index (χ0) is 19.6. The molecule has 27 heavy (non-hydrogen) atoms.